The number of hydrogen-bond donors (Lipinski definition) is 0. The van der Waals surface area contributed by atoms with E-state index in [0.29, 0.717) is 6.54 Å². The number of aryl methyl sites for hydroxylation is 1. The van der Waals surface area contributed by atoms with E-state index in [1.807, 2.05) is 30.3 Å². The molecule has 1 aromatic carbocycles. The Morgan fingerprint density at radius 3 is 2.67 bits per heavy atom. The van der Waals surface area contributed by atoms with Gasteiger partial charge in [-0.25, -0.2) is 5.01 Å². The van der Waals surface area contributed by atoms with Crippen LogP contribution >= 0.6 is 23.1 Å². The summed E-state index contributed by atoms with van der Waals surface area (Å²) in [5, 5.41) is 7.54. The Hall–Kier alpha value is -1.59. The highest BCUT2D eigenvalue weighted by atomic mass is 32.2. The molecular formula is C16H17N3S2. The van der Waals surface area contributed by atoms with Gasteiger partial charge in [-0.05, 0) is 24.6 Å². The van der Waals surface area contributed by atoms with Gasteiger partial charge in [0, 0.05) is 17.7 Å². The van der Waals surface area contributed by atoms with Gasteiger partial charge in [-0.1, -0.05) is 42.1 Å². The van der Waals surface area contributed by atoms with Gasteiger partial charge in [-0.3, -0.25) is 4.99 Å². The Morgan fingerprint density at radius 2 is 2.00 bits per heavy atom. The molecule has 3 rings (SSSR count). The number of rotatable bonds is 3. The van der Waals surface area contributed by atoms with Crippen molar-refractivity contribution in [1.82, 2.24) is 5.01 Å². The van der Waals surface area contributed by atoms with Gasteiger partial charge in [0.2, 0.25) is 0 Å². The predicted octanol–water partition coefficient (Wildman–Crippen LogP) is 4.00. The van der Waals surface area contributed by atoms with Gasteiger partial charge < -0.3 is 0 Å². The highest BCUT2D eigenvalue weighted by Gasteiger charge is 2.18. The van der Waals surface area contributed by atoms with E-state index in [1.54, 1.807) is 23.1 Å². The van der Waals surface area contributed by atoms with Crippen LogP contribution in [-0.4, -0.2) is 28.7 Å². The fourth-order valence-corrected chi connectivity index (χ4v) is 3.88. The van der Waals surface area contributed by atoms with Gasteiger partial charge in [0.15, 0.2) is 5.17 Å². The van der Waals surface area contributed by atoms with Gasteiger partial charge in [-0.15, -0.1) is 11.3 Å². The van der Waals surface area contributed by atoms with Crippen LogP contribution in [0.1, 0.15) is 15.3 Å². The molecule has 1 aromatic heterocycles. The molecule has 0 atom stereocenters. The first-order chi connectivity index (χ1) is 10.2. The fraction of sp³-hybridized carbons (Fsp3) is 0.250. The fourth-order valence-electron chi connectivity index (χ4n) is 2.08. The summed E-state index contributed by atoms with van der Waals surface area (Å²) in [5.74, 6) is 0.887. The molecule has 0 unspecified atom stereocenters. The molecule has 1 aliphatic rings. The minimum absolute atomic E-state index is 0.705. The number of aliphatic imine (C=N–C) groups is 1. The number of hydrazone groups is 1. The Morgan fingerprint density at radius 1 is 1.19 bits per heavy atom. The third kappa shape index (κ3) is 3.54. The minimum atomic E-state index is 0.705. The molecule has 0 radical (unpaired) electrons. The van der Waals surface area contributed by atoms with Crippen LogP contribution in [0.15, 0.2) is 52.6 Å². The van der Waals surface area contributed by atoms with E-state index < -0.39 is 0 Å². The van der Waals surface area contributed by atoms with E-state index in [4.69, 9.17) is 0 Å². The normalized spacial score (nSPS) is 17.1. The number of thioether (sulfide) groups is 1. The van der Waals surface area contributed by atoms with E-state index in [9.17, 15) is 0 Å². The lowest BCUT2D eigenvalue weighted by Crippen LogP contribution is -2.27. The zero-order chi connectivity index (χ0) is 14.7. The van der Waals surface area contributed by atoms with Crippen molar-refractivity contribution in [3.05, 3.63) is 57.8 Å². The number of nitrogens with zero attached hydrogens (tertiary/aromatic N) is 3. The second-order valence-corrected chi connectivity index (χ2v) is 7.08. The van der Waals surface area contributed by atoms with Crippen LogP contribution in [0.3, 0.4) is 0 Å². The molecule has 2 heterocycles. The molecule has 21 heavy (non-hydrogen) atoms. The summed E-state index contributed by atoms with van der Waals surface area (Å²) >= 11 is 3.55. The molecule has 0 N–H and O–H groups in total. The van der Waals surface area contributed by atoms with Crippen LogP contribution in [-0.2, 0) is 6.54 Å². The van der Waals surface area contributed by atoms with Gasteiger partial charge in [0.05, 0.1) is 17.1 Å². The maximum absolute atomic E-state index is 4.67. The summed E-state index contributed by atoms with van der Waals surface area (Å²) in [6.45, 7) is 2.83. The smallest absolute Gasteiger partial charge is 0.180 e. The molecule has 0 aliphatic carbocycles. The third-order valence-corrected chi connectivity index (χ3v) is 5.27. The first kappa shape index (κ1) is 14.4. The SMILES string of the molecule is Cc1ccc(C2=NN(C)C(=NCc3ccccc3)SC2)s1. The number of thiophene rings is 1. The molecule has 0 fully saturated rings. The van der Waals surface area contributed by atoms with Crippen molar-refractivity contribution in [2.75, 3.05) is 12.8 Å². The summed E-state index contributed by atoms with van der Waals surface area (Å²) in [6.07, 6.45) is 0. The zero-order valence-corrected chi connectivity index (χ0v) is 13.7. The van der Waals surface area contributed by atoms with Crippen molar-refractivity contribution < 1.29 is 0 Å². The van der Waals surface area contributed by atoms with Crippen LogP contribution in [0.5, 0.6) is 0 Å². The Labute approximate surface area is 133 Å². The Balaban J connectivity index is 1.72. The predicted molar refractivity (Wildman–Crippen MR) is 93.4 cm³/mol. The van der Waals surface area contributed by atoms with E-state index in [2.05, 4.69) is 41.3 Å². The van der Waals surface area contributed by atoms with Crippen LogP contribution in [0.2, 0.25) is 0 Å². The first-order valence-corrected chi connectivity index (χ1v) is 8.62. The van der Waals surface area contributed by atoms with Crippen molar-refractivity contribution in [3.8, 4) is 0 Å². The largest absolute Gasteiger partial charge is 0.256 e. The summed E-state index contributed by atoms with van der Waals surface area (Å²) < 4.78 is 0. The molecule has 0 spiro atoms. The number of benzene rings is 1. The van der Waals surface area contributed by atoms with Crippen molar-refractivity contribution in [1.29, 1.82) is 0 Å². The topological polar surface area (TPSA) is 28.0 Å². The highest BCUT2D eigenvalue weighted by Crippen LogP contribution is 2.23. The van der Waals surface area contributed by atoms with Crippen LogP contribution < -0.4 is 0 Å². The molecule has 0 saturated heterocycles. The molecule has 3 nitrogen and oxygen atoms in total. The van der Waals surface area contributed by atoms with Gasteiger partial charge in [-0.2, -0.15) is 5.10 Å². The lowest BCUT2D eigenvalue weighted by molar-refractivity contribution is 0.550. The standard InChI is InChI=1S/C16H17N3S2/c1-12-8-9-15(21-12)14-11-20-16(19(2)18-14)17-10-13-6-4-3-5-7-13/h3-9H,10-11H2,1-2H3. The number of hydrogen-bond acceptors (Lipinski definition) is 4. The monoisotopic (exact) mass is 315 g/mol. The molecule has 0 saturated carbocycles. The van der Waals surface area contributed by atoms with Crippen molar-refractivity contribution in [2.45, 2.75) is 13.5 Å². The van der Waals surface area contributed by atoms with Gasteiger partial charge in [0.1, 0.15) is 0 Å². The van der Waals surface area contributed by atoms with Crippen molar-refractivity contribution >= 4 is 34.0 Å². The van der Waals surface area contributed by atoms with Crippen LogP contribution in [0.4, 0.5) is 0 Å². The second-order valence-electron chi connectivity index (χ2n) is 4.85. The third-order valence-electron chi connectivity index (χ3n) is 3.15. The van der Waals surface area contributed by atoms with Gasteiger partial charge in [0.25, 0.3) is 0 Å². The Bertz CT molecular complexity index is 674. The molecule has 1 aliphatic heterocycles. The molecule has 2 aromatic rings. The average Bonchev–Trinajstić information content (AvgIpc) is 2.93. The van der Waals surface area contributed by atoms with Crippen molar-refractivity contribution in [2.24, 2.45) is 10.1 Å². The lowest BCUT2D eigenvalue weighted by Gasteiger charge is -2.22. The van der Waals surface area contributed by atoms with Crippen LogP contribution in [0, 0.1) is 6.92 Å². The lowest BCUT2D eigenvalue weighted by atomic mass is 10.2. The minimum Gasteiger partial charge on any atom is -0.256 e. The molecule has 5 heteroatoms. The average molecular weight is 315 g/mol. The molecule has 108 valence electrons. The first-order valence-electron chi connectivity index (χ1n) is 6.81. The Kier molecular flexibility index (Phi) is 4.41. The van der Waals surface area contributed by atoms with E-state index in [0.717, 1.165) is 16.6 Å². The van der Waals surface area contributed by atoms with E-state index in [1.165, 1.54) is 15.3 Å². The quantitative estimate of drug-likeness (QED) is 0.856. The molecular weight excluding hydrogens is 298 g/mol. The maximum Gasteiger partial charge on any atom is 0.180 e. The summed E-state index contributed by atoms with van der Waals surface area (Å²) in [7, 11) is 1.97. The maximum atomic E-state index is 4.67. The molecule has 0 amide bonds. The summed E-state index contributed by atoms with van der Waals surface area (Å²) in [6, 6.07) is 14.6. The summed E-state index contributed by atoms with van der Waals surface area (Å²) in [4.78, 5) is 7.25. The van der Waals surface area contributed by atoms with E-state index >= 15 is 0 Å². The summed E-state index contributed by atoms with van der Waals surface area (Å²) in [5.41, 5.74) is 2.36. The van der Waals surface area contributed by atoms with E-state index in [-0.39, 0.29) is 0 Å². The zero-order valence-electron chi connectivity index (χ0n) is 12.1. The van der Waals surface area contributed by atoms with Crippen LogP contribution in [0.25, 0.3) is 0 Å². The number of amidine groups is 1. The highest BCUT2D eigenvalue weighted by molar-refractivity contribution is 8.14. The van der Waals surface area contributed by atoms with Gasteiger partial charge >= 0.3 is 0 Å². The second kappa shape index (κ2) is 6.45. The van der Waals surface area contributed by atoms with Crippen molar-refractivity contribution in [3.63, 3.8) is 0 Å². The molecule has 0 bridgehead atoms.